The van der Waals surface area contributed by atoms with Crippen LogP contribution in [0.15, 0.2) is 17.8 Å². The molecule has 0 saturated heterocycles. The summed E-state index contributed by atoms with van der Waals surface area (Å²) in [6.45, 7) is 0. The highest BCUT2D eigenvalue weighted by Crippen LogP contribution is 2.36. The first-order valence-electron chi connectivity index (χ1n) is 4.17. The van der Waals surface area contributed by atoms with Crippen LogP contribution >= 0.6 is 45.9 Å². The number of rotatable bonds is 3. The predicted molar refractivity (Wildman–Crippen MR) is 65.1 cm³/mol. The minimum absolute atomic E-state index is 0.525. The molecule has 2 heterocycles. The first-order valence-corrected chi connectivity index (χ1v) is 6.62. The minimum atomic E-state index is -0.610. The van der Waals surface area contributed by atoms with Gasteiger partial charge >= 0.3 is 0 Å². The summed E-state index contributed by atoms with van der Waals surface area (Å²) >= 11 is 14.5. The third-order valence-corrected chi connectivity index (χ3v) is 4.24. The number of aliphatic hydroxyl groups excluding tert-OH is 1. The summed E-state index contributed by atoms with van der Waals surface area (Å²) < 4.78 is 1.15. The Kier molecular flexibility index (Phi) is 3.64. The number of aliphatic hydroxyl groups is 1. The molecule has 0 aromatic carbocycles. The lowest BCUT2D eigenvalue weighted by Gasteiger charge is -2.07. The van der Waals surface area contributed by atoms with Gasteiger partial charge in [-0.2, -0.15) is 0 Å². The van der Waals surface area contributed by atoms with Crippen LogP contribution in [0.4, 0.5) is 0 Å². The Labute approximate surface area is 105 Å². The van der Waals surface area contributed by atoms with Crippen molar-refractivity contribution in [2.75, 3.05) is 0 Å². The fraction of sp³-hybridized carbons (Fsp3) is 0.222. The molecule has 0 radical (unpaired) electrons. The van der Waals surface area contributed by atoms with Gasteiger partial charge in [-0.3, -0.25) is 4.98 Å². The smallest absolute Gasteiger partial charge is 0.100 e. The zero-order chi connectivity index (χ0) is 10.8. The largest absolute Gasteiger partial charge is 0.388 e. The average molecular weight is 280 g/mol. The maximum Gasteiger partial charge on any atom is 0.100 e. The monoisotopic (exact) mass is 279 g/mol. The number of nitrogens with zero attached hydrogens (tertiary/aromatic N) is 1. The lowest BCUT2D eigenvalue weighted by molar-refractivity contribution is 0.180. The highest BCUT2D eigenvalue weighted by Gasteiger charge is 2.16. The van der Waals surface area contributed by atoms with Crippen LogP contribution in [0, 0.1) is 0 Å². The Morgan fingerprint density at radius 2 is 2.27 bits per heavy atom. The molecule has 6 heteroatoms. The molecule has 2 aromatic rings. The van der Waals surface area contributed by atoms with Crippen LogP contribution in [-0.4, -0.2) is 10.1 Å². The second kappa shape index (κ2) is 4.80. The highest BCUT2D eigenvalue weighted by atomic mass is 35.5. The Bertz CT molecular complexity index is 441. The number of thiazole rings is 1. The van der Waals surface area contributed by atoms with Crippen molar-refractivity contribution in [3.8, 4) is 0 Å². The molecule has 2 aromatic heterocycles. The van der Waals surface area contributed by atoms with Gasteiger partial charge in [0.15, 0.2) is 0 Å². The van der Waals surface area contributed by atoms with E-state index in [1.54, 1.807) is 17.8 Å². The number of hydrogen-bond acceptors (Lipinski definition) is 4. The highest BCUT2D eigenvalue weighted by molar-refractivity contribution is 7.20. The topological polar surface area (TPSA) is 33.1 Å². The molecule has 15 heavy (non-hydrogen) atoms. The SMILES string of the molecule is OC(Cc1cncs1)c1cc(Cl)sc1Cl. The molecule has 0 aliphatic heterocycles. The summed E-state index contributed by atoms with van der Waals surface area (Å²) in [6, 6.07) is 1.71. The minimum Gasteiger partial charge on any atom is -0.388 e. The van der Waals surface area contributed by atoms with Crippen LogP contribution < -0.4 is 0 Å². The summed E-state index contributed by atoms with van der Waals surface area (Å²) in [5.74, 6) is 0. The van der Waals surface area contributed by atoms with Crippen LogP contribution in [0.5, 0.6) is 0 Å². The standard InChI is InChI=1S/C9H7Cl2NOS2/c10-8-2-6(9(11)15-8)7(13)1-5-3-12-4-14-5/h2-4,7,13H,1H2. The molecule has 1 atom stereocenters. The first-order chi connectivity index (χ1) is 7.16. The normalized spacial score (nSPS) is 13.0. The quantitative estimate of drug-likeness (QED) is 0.928. The number of thiophene rings is 1. The molecule has 2 nitrogen and oxygen atoms in total. The Hall–Kier alpha value is -0.130. The lowest BCUT2D eigenvalue weighted by Crippen LogP contribution is -1.99. The number of halogens is 2. The molecule has 0 aliphatic rings. The fourth-order valence-corrected chi connectivity index (χ4v) is 3.42. The van der Waals surface area contributed by atoms with Gasteiger partial charge in [-0.25, -0.2) is 0 Å². The van der Waals surface area contributed by atoms with Gasteiger partial charge in [0.1, 0.15) is 4.34 Å². The van der Waals surface area contributed by atoms with Crippen LogP contribution in [0.3, 0.4) is 0 Å². The Morgan fingerprint density at radius 1 is 1.47 bits per heavy atom. The summed E-state index contributed by atoms with van der Waals surface area (Å²) in [7, 11) is 0. The van der Waals surface area contributed by atoms with Crippen LogP contribution in [0.25, 0.3) is 0 Å². The van der Waals surface area contributed by atoms with E-state index in [0.717, 1.165) is 4.88 Å². The van der Waals surface area contributed by atoms with Gasteiger partial charge in [-0.1, -0.05) is 23.2 Å². The molecule has 1 unspecified atom stereocenters. The van der Waals surface area contributed by atoms with E-state index < -0.39 is 6.10 Å². The number of hydrogen-bond donors (Lipinski definition) is 1. The van der Waals surface area contributed by atoms with Crippen molar-refractivity contribution in [3.63, 3.8) is 0 Å². The van der Waals surface area contributed by atoms with E-state index in [4.69, 9.17) is 23.2 Å². The van der Waals surface area contributed by atoms with Gasteiger partial charge in [0.2, 0.25) is 0 Å². The maximum absolute atomic E-state index is 9.93. The molecule has 0 saturated carbocycles. The maximum atomic E-state index is 9.93. The van der Waals surface area contributed by atoms with E-state index >= 15 is 0 Å². The zero-order valence-corrected chi connectivity index (χ0v) is 10.6. The molecule has 0 amide bonds. The van der Waals surface area contributed by atoms with Crippen molar-refractivity contribution in [1.82, 2.24) is 4.98 Å². The predicted octanol–water partition coefficient (Wildman–Crippen LogP) is 3.79. The Morgan fingerprint density at radius 3 is 2.80 bits per heavy atom. The van der Waals surface area contributed by atoms with Crippen molar-refractivity contribution in [2.24, 2.45) is 0 Å². The third kappa shape index (κ3) is 2.71. The summed E-state index contributed by atoms with van der Waals surface area (Å²) in [4.78, 5) is 4.98. The van der Waals surface area contributed by atoms with Gasteiger partial charge < -0.3 is 5.11 Å². The zero-order valence-electron chi connectivity index (χ0n) is 7.48. The Balaban J connectivity index is 2.14. The molecule has 80 valence electrons. The molecule has 0 bridgehead atoms. The second-order valence-electron chi connectivity index (χ2n) is 2.97. The molecule has 0 spiro atoms. The van der Waals surface area contributed by atoms with Gasteiger partial charge in [0.25, 0.3) is 0 Å². The van der Waals surface area contributed by atoms with E-state index in [1.807, 2.05) is 0 Å². The molecule has 0 fully saturated rings. The van der Waals surface area contributed by atoms with E-state index in [2.05, 4.69) is 4.98 Å². The van der Waals surface area contributed by atoms with E-state index in [-0.39, 0.29) is 0 Å². The fourth-order valence-electron chi connectivity index (χ4n) is 1.22. The van der Waals surface area contributed by atoms with Crippen molar-refractivity contribution in [3.05, 3.63) is 36.9 Å². The first kappa shape index (κ1) is 11.4. The van der Waals surface area contributed by atoms with E-state index in [9.17, 15) is 5.11 Å². The molecule has 1 N–H and O–H groups in total. The van der Waals surface area contributed by atoms with Crippen LogP contribution in [0.1, 0.15) is 16.5 Å². The molecule has 2 rings (SSSR count). The molecule has 0 aliphatic carbocycles. The van der Waals surface area contributed by atoms with Crippen molar-refractivity contribution >= 4 is 45.9 Å². The lowest BCUT2D eigenvalue weighted by atomic mass is 10.1. The van der Waals surface area contributed by atoms with Crippen molar-refractivity contribution < 1.29 is 5.11 Å². The van der Waals surface area contributed by atoms with Crippen LogP contribution in [-0.2, 0) is 6.42 Å². The van der Waals surface area contributed by atoms with E-state index in [0.29, 0.717) is 20.7 Å². The second-order valence-corrected chi connectivity index (χ2v) is 6.22. The van der Waals surface area contributed by atoms with Crippen molar-refractivity contribution in [1.29, 1.82) is 0 Å². The summed E-state index contributed by atoms with van der Waals surface area (Å²) in [6.07, 6.45) is 1.66. The average Bonchev–Trinajstić information content (AvgIpc) is 2.75. The van der Waals surface area contributed by atoms with E-state index in [1.165, 1.54) is 22.7 Å². The van der Waals surface area contributed by atoms with Gasteiger partial charge in [-0.15, -0.1) is 22.7 Å². The third-order valence-electron chi connectivity index (χ3n) is 1.92. The van der Waals surface area contributed by atoms with Crippen molar-refractivity contribution in [2.45, 2.75) is 12.5 Å². The number of aromatic nitrogens is 1. The van der Waals surface area contributed by atoms with Gasteiger partial charge in [0, 0.05) is 23.1 Å². The summed E-state index contributed by atoms with van der Waals surface area (Å²) in [5, 5.41) is 9.93. The van der Waals surface area contributed by atoms with Crippen LogP contribution in [0.2, 0.25) is 8.67 Å². The molecular weight excluding hydrogens is 273 g/mol. The van der Waals surface area contributed by atoms with Gasteiger partial charge in [0.05, 0.1) is 16.0 Å². The summed E-state index contributed by atoms with van der Waals surface area (Å²) in [5.41, 5.74) is 2.43. The molecular formula is C9H7Cl2NOS2. The van der Waals surface area contributed by atoms with Gasteiger partial charge in [-0.05, 0) is 6.07 Å².